The van der Waals surface area contributed by atoms with Gasteiger partial charge in [-0.05, 0) is 42.4 Å². The minimum Gasteiger partial charge on any atom is -0.434 e. The Kier molecular flexibility index (Phi) is 8.57. The zero-order valence-electron chi connectivity index (χ0n) is 24.7. The second kappa shape index (κ2) is 12.0. The molecule has 0 spiro atoms. The first-order valence-electron chi connectivity index (χ1n) is 13.6. The van der Waals surface area contributed by atoms with E-state index in [0.717, 1.165) is 0 Å². The van der Waals surface area contributed by atoms with Crippen molar-refractivity contribution < 1.29 is 9.16 Å². The van der Waals surface area contributed by atoms with Gasteiger partial charge in [0.25, 0.3) is 5.56 Å². The van der Waals surface area contributed by atoms with Crippen LogP contribution < -0.4 is 15.6 Å². The Morgan fingerprint density at radius 3 is 2.47 bits per heavy atom. The van der Waals surface area contributed by atoms with Crippen LogP contribution in [0.25, 0.3) is 22.2 Å². The number of pyridine rings is 1. The highest BCUT2D eigenvalue weighted by atomic mass is 35.5. The summed E-state index contributed by atoms with van der Waals surface area (Å²) in [7, 11) is -0.184. The second-order valence-corrected chi connectivity index (χ2v) is 17.1. The first-order valence-corrected chi connectivity index (χ1v) is 17.2. The quantitative estimate of drug-likeness (QED) is 0.173. The van der Waals surface area contributed by atoms with Crippen molar-refractivity contribution in [2.45, 2.75) is 45.4 Å². The van der Waals surface area contributed by atoms with Crippen LogP contribution in [0.15, 0.2) is 59.8 Å². The molecule has 0 unspecified atom stereocenters. The Labute approximate surface area is 260 Å². The van der Waals surface area contributed by atoms with Crippen LogP contribution in [0, 0.1) is 0 Å². The molecule has 11 nitrogen and oxygen atoms in total. The number of anilines is 2. The second-order valence-electron chi connectivity index (χ2n) is 11.5. The maximum Gasteiger partial charge on any atom is 0.259 e. The number of ether oxygens (including phenoxy) is 1. The predicted octanol–water partition coefficient (Wildman–Crippen LogP) is 6.85. The van der Waals surface area contributed by atoms with E-state index in [4.69, 9.17) is 32.4 Å². The van der Waals surface area contributed by atoms with Crippen molar-refractivity contribution in [1.82, 2.24) is 34.5 Å². The van der Waals surface area contributed by atoms with E-state index >= 15 is 0 Å². The van der Waals surface area contributed by atoms with E-state index in [1.54, 1.807) is 66.7 Å². The van der Waals surface area contributed by atoms with Crippen molar-refractivity contribution in [3.8, 4) is 22.8 Å². The van der Waals surface area contributed by atoms with Gasteiger partial charge in [-0.15, -0.1) is 10.2 Å². The third-order valence-corrected chi connectivity index (χ3v) is 12.7. The summed E-state index contributed by atoms with van der Waals surface area (Å²) in [5, 5.41) is 17.2. The molecule has 0 saturated carbocycles. The number of nitrogens with one attached hydrogen (secondary N) is 1. The number of aromatic nitrogens is 7. The van der Waals surface area contributed by atoms with Crippen molar-refractivity contribution in [3.63, 3.8) is 0 Å². The summed E-state index contributed by atoms with van der Waals surface area (Å²) in [4.78, 5) is 22.1. The normalized spacial score (nSPS) is 12.1. The number of rotatable bonds is 9. The topological polar surface area (TPSA) is 122 Å². The fraction of sp³-hybridized carbons (Fsp3) is 0.310. The van der Waals surface area contributed by atoms with Gasteiger partial charge in [0, 0.05) is 30.3 Å². The lowest BCUT2D eigenvalue weighted by molar-refractivity contribution is 0.266. The predicted molar refractivity (Wildman–Crippen MR) is 171 cm³/mol. The Morgan fingerprint density at radius 1 is 1.05 bits per heavy atom. The van der Waals surface area contributed by atoms with Gasteiger partial charge in [0.15, 0.2) is 19.9 Å². The van der Waals surface area contributed by atoms with E-state index in [2.05, 4.69) is 64.4 Å². The van der Waals surface area contributed by atoms with Crippen LogP contribution in [0.2, 0.25) is 28.2 Å². The Morgan fingerprint density at radius 2 is 1.79 bits per heavy atom. The summed E-state index contributed by atoms with van der Waals surface area (Å²) < 4.78 is 15.2. The van der Waals surface area contributed by atoms with Crippen LogP contribution in [0.3, 0.4) is 0 Å². The average Bonchev–Trinajstić information content (AvgIpc) is 3.39. The van der Waals surface area contributed by atoms with E-state index in [9.17, 15) is 4.79 Å². The first kappa shape index (κ1) is 30.6. The van der Waals surface area contributed by atoms with Gasteiger partial charge in [0.2, 0.25) is 11.8 Å². The Hall–Kier alpha value is -3.84. The standard InChI is InChI=1S/C29H32Cl2N8O3Si/c1-29(2,3)43(5,6)41-13-12-39-17-19(16-33-39)42-24-11-10-23(36-37-24)34-28-32-15-18-14-20(27(40)38(4)26(18)35-28)25-21(30)8-7-9-22(25)31/h7-11,14-17H,12-13H2,1-6H3,(H,32,34,35,36). The molecule has 0 radical (unpaired) electrons. The highest BCUT2D eigenvalue weighted by Gasteiger charge is 2.36. The van der Waals surface area contributed by atoms with Gasteiger partial charge in [-0.2, -0.15) is 10.1 Å². The highest BCUT2D eigenvalue weighted by molar-refractivity contribution is 6.74. The monoisotopic (exact) mass is 638 g/mol. The summed E-state index contributed by atoms with van der Waals surface area (Å²) >= 11 is 12.7. The molecular formula is C29H32Cl2N8O3Si. The number of halogens is 2. The molecule has 0 bridgehead atoms. The molecule has 43 heavy (non-hydrogen) atoms. The minimum atomic E-state index is -1.81. The van der Waals surface area contributed by atoms with Crippen LogP contribution >= 0.6 is 23.2 Å². The Bertz CT molecular complexity index is 1810. The van der Waals surface area contributed by atoms with Crippen LogP contribution in [0.4, 0.5) is 11.8 Å². The maximum absolute atomic E-state index is 13.2. The molecule has 4 heterocycles. The van der Waals surface area contributed by atoms with Crippen LogP contribution in [0.1, 0.15) is 20.8 Å². The summed E-state index contributed by atoms with van der Waals surface area (Å²) in [6.45, 7) is 12.3. The molecular weight excluding hydrogens is 607 g/mol. The zero-order valence-corrected chi connectivity index (χ0v) is 27.2. The SMILES string of the molecule is Cn1c(=O)c(-c2c(Cl)cccc2Cl)cc2cnc(Nc3ccc(Oc4cnn(CCO[Si](C)(C)C(C)(C)C)c4)nn3)nc21. The van der Waals surface area contributed by atoms with Crippen LogP contribution in [-0.2, 0) is 18.0 Å². The number of aryl methyl sites for hydroxylation is 1. The number of benzene rings is 1. The average molecular weight is 640 g/mol. The molecule has 4 aromatic heterocycles. The van der Waals surface area contributed by atoms with E-state index in [-0.39, 0.29) is 16.5 Å². The van der Waals surface area contributed by atoms with Crippen molar-refractivity contribution in [2.24, 2.45) is 7.05 Å². The van der Waals surface area contributed by atoms with Gasteiger partial charge < -0.3 is 14.5 Å². The fourth-order valence-electron chi connectivity index (χ4n) is 4.05. The van der Waals surface area contributed by atoms with Gasteiger partial charge in [0.05, 0.1) is 41.2 Å². The third-order valence-electron chi connectivity index (χ3n) is 7.48. The van der Waals surface area contributed by atoms with Crippen molar-refractivity contribution in [1.29, 1.82) is 0 Å². The molecule has 0 amide bonds. The molecule has 0 aliphatic heterocycles. The van der Waals surface area contributed by atoms with Gasteiger partial charge in [0.1, 0.15) is 5.65 Å². The Balaban J connectivity index is 1.24. The molecule has 1 aromatic carbocycles. The summed E-state index contributed by atoms with van der Waals surface area (Å²) in [5.74, 6) is 1.48. The van der Waals surface area contributed by atoms with Gasteiger partial charge in [-0.25, -0.2) is 4.98 Å². The van der Waals surface area contributed by atoms with E-state index in [1.807, 2.05) is 0 Å². The number of hydrogen-bond acceptors (Lipinski definition) is 9. The van der Waals surface area contributed by atoms with Crippen molar-refractivity contribution >= 4 is 54.3 Å². The molecule has 0 atom stereocenters. The van der Waals surface area contributed by atoms with Gasteiger partial charge in [-0.3, -0.25) is 14.0 Å². The maximum atomic E-state index is 13.2. The lowest BCUT2D eigenvalue weighted by atomic mass is 10.1. The number of nitrogens with zero attached hydrogens (tertiary/aromatic N) is 7. The molecule has 14 heteroatoms. The number of hydrogen-bond donors (Lipinski definition) is 1. The van der Waals surface area contributed by atoms with Gasteiger partial charge in [-0.1, -0.05) is 50.0 Å². The number of fused-ring (bicyclic) bond motifs is 1. The molecule has 5 rings (SSSR count). The van der Waals surface area contributed by atoms with Crippen molar-refractivity contribution in [3.05, 3.63) is 75.4 Å². The lowest BCUT2D eigenvalue weighted by Crippen LogP contribution is -2.41. The molecule has 1 N–H and O–H groups in total. The summed E-state index contributed by atoms with van der Waals surface area (Å²) in [6, 6.07) is 10.1. The molecule has 0 fully saturated rings. The highest BCUT2D eigenvalue weighted by Crippen LogP contribution is 2.36. The van der Waals surface area contributed by atoms with E-state index in [1.165, 1.54) is 4.57 Å². The molecule has 5 aromatic rings. The smallest absolute Gasteiger partial charge is 0.259 e. The van der Waals surface area contributed by atoms with Gasteiger partial charge >= 0.3 is 0 Å². The van der Waals surface area contributed by atoms with Crippen LogP contribution in [-0.4, -0.2) is 49.4 Å². The third kappa shape index (κ3) is 6.72. The summed E-state index contributed by atoms with van der Waals surface area (Å²) in [6.07, 6.45) is 5.03. The molecule has 0 saturated heterocycles. The zero-order chi connectivity index (χ0) is 30.9. The van der Waals surface area contributed by atoms with E-state index in [0.29, 0.717) is 62.8 Å². The lowest BCUT2D eigenvalue weighted by Gasteiger charge is -2.36. The minimum absolute atomic E-state index is 0.154. The summed E-state index contributed by atoms with van der Waals surface area (Å²) in [5.41, 5.74) is 0.964. The van der Waals surface area contributed by atoms with E-state index < -0.39 is 8.32 Å². The molecule has 0 aliphatic carbocycles. The molecule has 224 valence electrons. The first-order chi connectivity index (χ1) is 20.3. The molecule has 0 aliphatic rings. The largest absolute Gasteiger partial charge is 0.434 e. The van der Waals surface area contributed by atoms with Crippen molar-refractivity contribution in [2.75, 3.05) is 11.9 Å². The fourth-order valence-corrected chi connectivity index (χ4v) is 5.68. The van der Waals surface area contributed by atoms with Crippen LogP contribution in [0.5, 0.6) is 11.6 Å².